The van der Waals surface area contributed by atoms with Crippen LogP contribution in [-0.4, -0.2) is 18.5 Å². The molecule has 1 N–H and O–H groups in total. The summed E-state index contributed by atoms with van der Waals surface area (Å²) in [5.74, 6) is -2.96. The van der Waals surface area contributed by atoms with Gasteiger partial charge in [-0.3, -0.25) is 4.79 Å². The zero-order valence-corrected chi connectivity index (χ0v) is 13.7. The second-order valence-corrected chi connectivity index (χ2v) is 5.22. The summed E-state index contributed by atoms with van der Waals surface area (Å²) in [6.07, 6.45) is 2.55. The van der Waals surface area contributed by atoms with E-state index in [0.717, 1.165) is 6.07 Å². The molecule has 0 bridgehead atoms. The Morgan fingerprint density at radius 1 is 1.38 bits per heavy atom. The Bertz CT molecular complexity index is 870. The van der Waals surface area contributed by atoms with Crippen LogP contribution in [0.3, 0.4) is 0 Å². The third-order valence-electron chi connectivity index (χ3n) is 3.31. The van der Waals surface area contributed by atoms with Crippen molar-refractivity contribution in [2.24, 2.45) is 0 Å². The Labute approximate surface area is 147 Å². The molecule has 0 aliphatic heterocycles. The number of nitrogens with zero attached hydrogens (tertiary/aromatic N) is 1. The summed E-state index contributed by atoms with van der Waals surface area (Å²) < 4.78 is 36.3. The largest absolute Gasteiger partial charge is 0.465 e. The number of hydrogen-bond acceptors (Lipinski definition) is 5. The molecule has 1 heterocycles. The van der Waals surface area contributed by atoms with E-state index < -0.39 is 36.2 Å². The highest BCUT2D eigenvalue weighted by molar-refractivity contribution is 5.98. The molecule has 2 rings (SSSR count). The van der Waals surface area contributed by atoms with Crippen LogP contribution in [0, 0.1) is 23.0 Å². The number of nitriles is 1. The summed E-state index contributed by atoms with van der Waals surface area (Å²) in [7, 11) is 0. The number of nitrogens with one attached hydrogen (secondary N) is 1. The summed E-state index contributed by atoms with van der Waals surface area (Å²) in [5, 5.41) is 11.4. The van der Waals surface area contributed by atoms with Gasteiger partial charge >= 0.3 is 5.97 Å². The van der Waals surface area contributed by atoms with Crippen LogP contribution in [0.15, 0.2) is 46.6 Å². The highest BCUT2D eigenvalue weighted by Crippen LogP contribution is 2.17. The molecule has 0 radical (unpaired) electrons. The molecule has 0 unspecified atom stereocenters. The molecule has 0 aliphatic carbocycles. The molecule has 2 aromatic rings. The predicted molar refractivity (Wildman–Crippen MR) is 86.2 cm³/mol. The number of amides is 1. The normalized spacial score (nSPS) is 12.2. The molecule has 1 amide bonds. The van der Waals surface area contributed by atoms with Crippen LogP contribution >= 0.6 is 0 Å². The van der Waals surface area contributed by atoms with Gasteiger partial charge in [-0.05, 0) is 25.1 Å². The summed E-state index contributed by atoms with van der Waals surface area (Å²) in [6, 6.07) is 6.99. The Balaban J connectivity index is 1.91. The molecule has 0 saturated carbocycles. The van der Waals surface area contributed by atoms with Gasteiger partial charge in [-0.25, -0.2) is 13.6 Å². The molecule has 6 nitrogen and oxygen atoms in total. The highest BCUT2D eigenvalue weighted by atomic mass is 19.1. The van der Waals surface area contributed by atoms with Gasteiger partial charge in [0.25, 0.3) is 5.91 Å². The molecule has 0 aliphatic rings. The number of ether oxygens (including phenoxy) is 1. The van der Waals surface area contributed by atoms with Crippen molar-refractivity contribution in [2.75, 3.05) is 6.61 Å². The SMILES string of the molecule is C[C@H](NC(=O)COC(=O)/C(C#N)=C/c1ccco1)c1ccc(F)cc1F. The third-order valence-corrected chi connectivity index (χ3v) is 3.31. The van der Waals surface area contributed by atoms with Crippen molar-refractivity contribution in [3.8, 4) is 6.07 Å². The van der Waals surface area contributed by atoms with Gasteiger partial charge in [-0.1, -0.05) is 6.07 Å². The quantitative estimate of drug-likeness (QED) is 0.486. The van der Waals surface area contributed by atoms with Gasteiger partial charge in [-0.2, -0.15) is 5.26 Å². The Morgan fingerprint density at radius 2 is 2.15 bits per heavy atom. The molecule has 0 spiro atoms. The van der Waals surface area contributed by atoms with Crippen molar-refractivity contribution in [1.82, 2.24) is 5.32 Å². The van der Waals surface area contributed by atoms with Crippen molar-refractivity contribution in [1.29, 1.82) is 5.26 Å². The van der Waals surface area contributed by atoms with Crippen LogP contribution in [0.2, 0.25) is 0 Å². The van der Waals surface area contributed by atoms with Gasteiger partial charge in [0.15, 0.2) is 6.61 Å². The van der Waals surface area contributed by atoms with E-state index in [0.29, 0.717) is 6.07 Å². The second kappa shape index (κ2) is 8.58. The van der Waals surface area contributed by atoms with Gasteiger partial charge in [0.1, 0.15) is 29.0 Å². The molecule has 1 aromatic heterocycles. The summed E-state index contributed by atoms with van der Waals surface area (Å²) in [4.78, 5) is 23.6. The van der Waals surface area contributed by atoms with Crippen LogP contribution in [0.1, 0.15) is 24.3 Å². The molecule has 26 heavy (non-hydrogen) atoms. The summed E-state index contributed by atoms with van der Waals surface area (Å²) in [5.41, 5.74) is -0.258. The maximum Gasteiger partial charge on any atom is 0.349 e. The first-order valence-corrected chi connectivity index (χ1v) is 7.47. The van der Waals surface area contributed by atoms with Crippen molar-refractivity contribution in [2.45, 2.75) is 13.0 Å². The molecule has 1 aromatic carbocycles. The number of halogens is 2. The Morgan fingerprint density at radius 3 is 2.77 bits per heavy atom. The highest BCUT2D eigenvalue weighted by Gasteiger charge is 2.17. The molecule has 134 valence electrons. The van der Waals surface area contributed by atoms with Crippen molar-refractivity contribution < 1.29 is 27.5 Å². The Hall–Kier alpha value is -3.47. The summed E-state index contributed by atoms with van der Waals surface area (Å²) >= 11 is 0. The first-order chi connectivity index (χ1) is 12.4. The maximum absolute atomic E-state index is 13.7. The van der Waals surface area contributed by atoms with Gasteiger partial charge in [0.05, 0.1) is 12.3 Å². The fourth-order valence-corrected chi connectivity index (χ4v) is 2.07. The standard InChI is InChI=1S/C18H14F2N2O4/c1-11(15-5-4-13(19)8-16(15)20)22-17(23)10-26-18(24)12(9-21)7-14-3-2-6-25-14/h2-8,11H,10H2,1H3,(H,22,23)/b12-7+/t11-/m0/s1. The number of esters is 1. The molecular formula is C18H14F2N2O4. The lowest BCUT2D eigenvalue weighted by Gasteiger charge is -2.15. The van der Waals surface area contributed by atoms with Crippen molar-refractivity contribution in [3.05, 3.63) is 65.1 Å². The van der Waals surface area contributed by atoms with E-state index in [2.05, 4.69) is 5.32 Å². The van der Waals surface area contributed by atoms with E-state index in [1.807, 2.05) is 0 Å². The van der Waals surface area contributed by atoms with Crippen molar-refractivity contribution >= 4 is 18.0 Å². The first kappa shape index (κ1) is 18.9. The minimum absolute atomic E-state index is 0.0847. The van der Waals surface area contributed by atoms with Gasteiger partial charge in [0.2, 0.25) is 0 Å². The smallest absolute Gasteiger partial charge is 0.349 e. The lowest BCUT2D eigenvalue weighted by molar-refractivity contribution is -0.144. The number of furan rings is 1. The fourth-order valence-electron chi connectivity index (χ4n) is 2.07. The molecule has 0 saturated heterocycles. The second-order valence-electron chi connectivity index (χ2n) is 5.22. The van der Waals surface area contributed by atoms with E-state index >= 15 is 0 Å². The average Bonchev–Trinajstić information content (AvgIpc) is 3.10. The number of hydrogen-bond donors (Lipinski definition) is 1. The topological polar surface area (TPSA) is 92.3 Å². The first-order valence-electron chi connectivity index (χ1n) is 7.47. The van der Waals surface area contributed by atoms with E-state index in [9.17, 15) is 18.4 Å². The van der Waals surface area contributed by atoms with E-state index in [-0.39, 0.29) is 16.9 Å². The maximum atomic E-state index is 13.7. The zero-order valence-electron chi connectivity index (χ0n) is 13.7. The Kier molecular flexibility index (Phi) is 6.22. The van der Waals surface area contributed by atoms with E-state index in [1.165, 1.54) is 31.4 Å². The fraction of sp³-hybridized carbons (Fsp3) is 0.167. The molecule has 0 fully saturated rings. The average molecular weight is 360 g/mol. The molecule has 8 heteroatoms. The lowest BCUT2D eigenvalue weighted by Crippen LogP contribution is -2.31. The molecule has 1 atom stereocenters. The minimum Gasteiger partial charge on any atom is -0.465 e. The number of carbonyl (C=O) groups excluding carboxylic acids is 2. The van der Waals surface area contributed by atoms with Crippen LogP contribution < -0.4 is 5.32 Å². The minimum atomic E-state index is -1.00. The van der Waals surface area contributed by atoms with Gasteiger partial charge in [-0.15, -0.1) is 0 Å². The third kappa shape index (κ3) is 5.01. The lowest BCUT2D eigenvalue weighted by atomic mass is 10.1. The van der Waals surface area contributed by atoms with Crippen LogP contribution in [0.4, 0.5) is 8.78 Å². The van der Waals surface area contributed by atoms with Crippen LogP contribution in [-0.2, 0) is 14.3 Å². The van der Waals surface area contributed by atoms with Crippen LogP contribution in [0.5, 0.6) is 0 Å². The number of carbonyl (C=O) groups is 2. The van der Waals surface area contributed by atoms with Gasteiger partial charge < -0.3 is 14.5 Å². The van der Waals surface area contributed by atoms with Crippen molar-refractivity contribution in [3.63, 3.8) is 0 Å². The number of benzene rings is 1. The van der Waals surface area contributed by atoms with E-state index in [1.54, 1.807) is 12.1 Å². The zero-order chi connectivity index (χ0) is 19.1. The predicted octanol–water partition coefficient (Wildman–Crippen LogP) is 2.89. The van der Waals surface area contributed by atoms with E-state index in [4.69, 9.17) is 14.4 Å². The summed E-state index contributed by atoms with van der Waals surface area (Å²) in [6.45, 7) is 0.830. The van der Waals surface area contributed by atoms with Crippen LogP contribution in [0.25, 0.3) is 6.08 Å². The number of rotatable bonds is 6. The monoisotopic (exact) mass is 360 g/mol. The molecular weight excluding hydrogens is 346 g/mol. The van der Waals surface area contributed by atoms with Gasteiger partial charge in [0, 0.05) is 17.7 Å².